The number of carbonyl (C=O) groups excluding carboxylic acids is 1. The van der Waals surface area contributed by atoms with Gasteiger partial charge in [-0.3, -0.25) is 4.79 Å². The van der Waals surface area contributed by atoms with Crippen LogP contribution < -0.4 is 5.32 Å². The number of thiophene rings is 1. The number of nitrogens with one attached hydrogen (secondary N) is 1. The molecule has 3 heteroatoms. The molecule has 1 N–H and O–H groups in total. The minimum absolute atomic E-state index is 0.711. The Morgan fingerprint density at radius 2 is 2.20 bits per heavy atom. The Morgan fingerprint density at radius 3 is 2.93 bits per heavy atom. The number of aldehydes is 1. The van der Waals surface area contributed by atoms with Gasteiger partial charge in [0.2, 0.25) is 0 Å². The summed E-state index contributed by atoms with van der Waals surface area (Å²) in [5.41, 5.74) is 2.89. The van der Waals surface area contributed by atoms with Crippen LogP contribution >= 0.6 is 11.3 Å². The molecule has 0 atom stereocenters. The first-order valence-electron chi connectivity index (χ1n) is 4.66. The molecule has 0 aliphatic rings. The Labute approximate surface area is 92.6 Å². The standard InChI is InChI=1S/C12H11NOS/c1-13-11-5-6-15-12(11)10-4-2-3-9(7-10)8-14/h2-8,13H,1H3. The van der Waals surface area contributed by atoms with Crippen molar-refractivity contribution in [2.45, 2.75) is 0 Å². The first-order valence-corrected chi connectivity index (χ1v) is 5.54. The molecule has 1 heterocycles. The van der Waals surface area contributed by atoms with E-state index in [9.17, 15) is 4.79 Å². The molecule has 0 spiro atoms. The van der Waals surface area contributed by atoms with E-state index in [2.05, 4.69) is 5.32 Å². The van der Waals surface area contributed by atoms with Gasteiger partial charge < -0.3 is 5.32 Å². The third-order valence-electron chi connectivity index (χ3n) is 2.22. The van der Waals surface area contributed by atoms with Crippen molar-refractivity contribution in [1.29, 1.82) is 0 Å². The highest BCUT2D eigenvalue weighted by atomic mass is 32.1. The number of benzene rings is 1. The lowest BCUT2D eigenvalue weighted by Crippen LogP contribution is -1.87. The summed E-state index contributed by atoms with van der Waals surface area (Å²) in [7, 11) is 1.90. The van der Waals surface area contributed by atoms with Crippen molar-refractivity contribution in [2.24, 2.45) is 0 Å². The Kier molecular flexibility index (Phi) is 2.83. The van der Waals surface area contributed by atoms with Gasteiger partial charge in [-0.05, 0) is 23.1 Å². The van der Waals surface area contributed by atoms with Crippen molar-refractivity contribution < 1.29 is 4.79 Å². The zero-order valence-corrected chi connectivity index (χ0v) is 9.17. The molecule has 0 saturated heterocycles. The Balaban J connectivity index is 2.48. The number of hydrogen-bond donors (Lipinski definition) is 1. The molecule has 1 aromatic carbocycles. The van der Waals surface area contributed by atoms with Gasteiger partial charge in [-0.1, -0.05) is 18.2 Å². The van der Waals surface area contributed by atoms with Gasteiger partial charge in [0.1, 0.15) is 6.29 Å². The molecule has 0 amide bonds. The van der Waals surface area contributed by atoms with Crippen LogP contribution in [0.2, 0.25) is 0 Å². The van der Waals surface area contributed by atoms with Crippen molar-refractivity contribution in [3.05, 3.63) is 41.3 Å². The number of hydrogen-bond acceptors (Lipinski definition) is 3. The van der Waals surface area contributed by atoms with E-state index in [1.807, 2.05) is 42.8 Å². The summed E-state index contributed by atoms with van der Waals surface area (Å²) in [6.45, 7) is 0. The zero-order chi connectivity index (χ0) is 10.7. The van der Waals surface area contributed by atoms with Crippen molar-refractivity contribution in [3.63, 3.8) is 0 Å². The summed E-state index contributed by atoms with van der Waals surface area (Å²) in [6.07, 6.45) is 0.871. The van der Waals surface area contributed by atoms with E-state index in [1.165, 1.54) is 4.88 Å². The lowest BCUT2D eigenvalue weighted by molar-refractivity contribution is 0.112. The van der Waals surface area contributed by atoms with Gasteiger partial charge in [-0.2, -0.15) is 0 Å². The molecule has 0 aliphatic heterocycles. The van der Waals surface area contributed by atoms with Gasteiger partial charge in [0.05, 0.1) is 10.6 Å². The molecule has 0 unspecified atom stereocenters. The van der Waals surface area contributed by atoms with Gasteiger partial charge in [0.25, 0.3) is 0 Å². The predicted octanol–water partition coefficient (Wildman–Crippen LogP) is 3.27. The van der Waals surface area contributed by atoms with Gasteiger partial charge in [0, 0.05) is 12.6 Å². The summed E-state index contributed by atoms with van der Waals surface area (Å²) >= 11 is 1.67. The maximum atomic E-state index is 10.7. The fourth-order valence-electron chi connectivity index (χ4n) is 1.48. The van der Waals surface area contributed by atoms with Gasteiger partial charge in [-0.15, -0.1) is 11.3 Å². The molecule has 0 fully saturated rings. The average Bonchev–Trinajstić information content (AvgIpc) is 2.77. The highest BCUT2D eigenvalue weighted by Crippen LogP contribution is 2.33. The Morgan fingerprint density at radius 1 is 1.33 bits per heavy atom. The highest BCUT2D eigenvalue weighted by Gasteiger charge is 2.05. The van der Waals surface area contributed by atoms with E-state index < -0.39 is 0 Å². The number of anilines is 1. The second-order valence-corrected chi connectivity index (χ2v) is 4.07. The highest BCUT2D eigenvalue weighted by molar-refractivity contribution is 7.14. The lowest BCUT2D eigenvalue weighted by Gasteiger charge is -2.03. The molecule has 0 bridgehead atoms. The fourth-order valence-corrected chi connectivity index (χ4v) is 2.38. The molecule has 0 aliphatic carbocycles. The minimum Gasteiger partial charge on any atom is -0.387 e. The van der Waals surface area contributed by atoms with Gasteiger partial charge >= 0.3 is 0 Å². The predicted molar refractivity (Wildman–Crippen MR) is 64.7 cm³/mol. The van der Waals surface area contributed by atoms with E-state index in [0.29, 0.717) is 5.56 Å². The first-order chi connectivity index (χ1) is 7.35. The third-order valence-corrected chi connectivity index (χ3v) is 3.18. The van der Waals surface area contributed by atoms with Crippen LogP contribution in [-0.2, 0) is 0 Å². The van der Waals surface area contributed by atoms with Crippen LogP contribution in [0.15, 0.2) is 35.7 Å². The first kappa shape index (κ1) is 9.93. The topological polar surface area (TPSA) is 29.1 Å². The second kappa shape index (κ2) is 4.28. The second-order valence-electron chi connectivity index (χ2n) is 3.16. The van der Waals surface area contributed by atoms with Crippen molar-refractivity contribution >= 4 is 23.3 Å². The largest absolute Gasteiger partial charge is 0.387 e. The number of rotatable bonds is 3. The summed E-state index contributed by atoms with van der Waals surface area (Å²) in [6, 6.07) is 9.66. The quantitative estimate of drug-likeness (QED) is 0.799. The molecule has 2 aromatic rings. The van der Waals surface area contributed by atoms with Crippen LogP contribution in [0.4, 0.5) is 5.69 Å². The molecule has 15 heavy (non-hydrogen) atoms. The summed E-state index contributed by atoms with van der Waals surface area (Å²) in [5.74, 6) is 0. The summed E-state index contributed by atoms with van der Waals surface area (Å²) < 4.78 is 0. The molecule has 1 aromatic heterocycles. The summed E-state index contributed by atoms with van der Waals surface area (Å²) in [4.78, 5) is 11.8. The monoisotopic (exact) mass is 217 g/mol. The average molecular weight is 217 g/mol. The van der Waals surface area contributed by atoms with Crippen LogP contribution in [0.1, 0.15) is 10.4 Å². The maximum absolute atomic E-state index is 10.7. The van der Waals surface area contributed by atoms with Crippen LogP contribution in [0, 0.1) is 0 Å². The molecule has 2 nitrogen and oxygen atoms in total. The van der Waals surface area contributed by atoms with Gasteiger partial charge in [-0.25, -0.2) is 0 Å². The third kappa shape index (κ3) is 1.92. The molecule has 0 saturated carbocycles. The molecule has 76 valence electrons. The van der Waals surface area contributed by atoms with E-state index in [1.54, 1.807) is 11.3 Å². The SMILES string of the molecule is CNc1ccsc1-c1cccc(C=O)c1. The molecular formula is C12H11NOS. The Hall–Kier alpha value is -1.61. The lowest BCUT2D eigenvalue weighted by atomic mass is 10.1. The van der Waals surface area contributed by atoms with E-state index in [4.69, 9.17) is 0 Å². The van der Waals surface area contributed by atoms with Crippen molar-refractivity contribution in [1.82, 2.24) is 0 Å². The van der Waals surface area contributed by atoms with Crippen LogP contribution in [-0.4, -0.2) is 13.3 Å². The Bertz CT molecular complexity index is 476. The van der Waals surface area contributed by atoms with Crippen LogP contribution in [0.3, 0.4) is 0 Å². The fraction of sp³-hybridized carbons (Fsp3) is 0.0833. The molecule has 2 rings (SSSR count). The van der Waals surface area contributed by atoms with Crippen molar-refractivity contribution in [3.8, 4) is 10.4 Å². The van der Waals surface area contributed by atoms with E-state index >= 15 is 0 Å². The van der Waals surface area contributed by atoms with E-state index in [0.717, 1.165) is 17.5 Å². The zero-order valence-electron chi connectivity index (χ0n) is 8.36. The molecule has 0 radical (unpaired) electrons. The van der Waals surface area contributed by atoms with Gasteiger partial charge in [0.15, 0.2) is 0 Å². The minimum atomic E-state index is 0.711. The van der Waals surface area contributed by atoms with Crippen molar-refractivity contribution in [2.75, 3.05) is 12.4 Å². The van der Waals surface area contributed by atoms with E-state index in [-0.39, 0.29) is 0 Å². The smallest absolute Gasteiger partial charge is 0.150 e. The van der Waals surface area contributed by atoms with Crippen LogP contribution in [0.5, 0.6) is 0 Å². The van der Waals surface area contributed by atoms with Crippen LogP contribution in [0.25, 0.3) is 10.4 Å². The normalized spacial score (nSPS) is 9.93. The summed E-state index contributed by atoms with van der Waals surface area (Å²) in [5, 5.41) is 5.17. The molecular weight excluding hydrogens is 206 g/mol. The number of carbonyl (C=O) groups is 1. The maximum Gasteiger partial charge on any atom is 0.150 e.